The lowest BCUT2D eigenvalue weighted by Gasteiger charge is -2.34. The van der Waals surface area contributed by atoms with Gasteiger partial charge in [-0.3, -0.25) is 9.59 Å². The molecule has 3 fully saturated rings. The topological polar surface area (TPSA) is 111 Å². The van der Waals surface area contributed by atoms with Gasteiger partial charge < -0.3 is 29.9 Å². The van der Waals surface area contributed by atoms with Crippen LogP contribution < -0.4 is 15.0 Å². The number of likely N-dealkylation sites (N-methyl/N-ethyl adjacent to an activating group) is 1. The van der Waals surface area contributed by atoms with E-state index in [4.69, 9.17) is 9.72 Å². The van der Waals surface area contributed by atoms with Gasteiger partial charge in [-0.25, -0.2) is 0 Å². The van der Waals surface area contributed by atoms with E-state index in [0.717, 1.165) is 36.6 Å². The monoisotopic (exact) mass is 528 g/mol. The summed E-state index contributed by atoms with van der Waals surface area (Å²) in [6.45, 7) is 6.28. The Hall–Kier alpha value is -4.18. The van der Waals surface area contributed by atoms with E-state index in [1.54, 1.807) is 12.1 Å². The predicted octanol–water partition coefficient (Wildman–Crippen LogP) is 3.04. The van der Waals surface area contributed by atoms with Crippen molar-refractivity contribution in [3.05, 3.63) is 60.8 Å². The Morgan fingerprint density at radius 1 is 1.18 bits per heavy atom. The molecular weight excluding hydrogens is 496 g/mol. The van der Waals surface area contributed by atoms with Crippen molar-refractivity contribution in [3.8, 4) is 11.8 Å². The number of carbonyl (C=O) groups excluding carboxylic acids is 2. The first-order valence-corrected chi connectivity index (χ1v) is 13.3. The van der Waals surface area contributed by atoms with Crippen LogP contribution in [-0.4, -0.2) is 88.1 Å². The van der Waals surface area contributed by atoms with Crippen molar-refractivity contribution in [1.29, 1.82) is 0 Å². The summed E-state index contributed by atoms with van der Waals surface area (Å²) in [5, 5.41) is 14.8. The van der Waals surface area contributed by atoms with Crippen LogP contribution in [0.5, 0.6) is 11.8 Å². The van der Waals surface area contributed by atoms with Crippen LogP contribution in [-0.2, 0) is 4.79 Å². The first kappa shape index (κ1) is 25.1. The Morgan fingerprint density at radius 2 is 2.03 bits per heavy atom. The number of likely N-dealkylation sites (tertiary alicyclic amines) is 2. The van der Waals surface area contributed by atoms with Gasteiger partial charge >= 0.3 is 6.01 Å². The van der Waals surface area contributed by atoms with Gasteiger partial charge in [0, 0.05) is 36.7 Å². The first-order valence-electron chi connectivity index (χ1n) is 13.3. The van der Waals surface area contributed by atoms with Crippen molar-refractivity contribution in [1.82, 2.24) is 19.8 Å². The minimum Gasteiger partial charge on any atom is -0.508 e. The number of phenolic OH excluding ortho intramolecular Hbond substituents is 1. The molecule has 2 N–H and O–H groups in total. The molecule has 0 radical (unpaired) electrons. The molecule has 3 atom stereocenters. The fourth-order valence-corrected chi connectivity index (χ4v) is 6.02. The molecule has 3 aliphatic heterocycles. The molecule has 3 saturated heterocycles. The molecule has 202 valence electrons. The Bertz CT molecular complexity index is 1440. The number of ether oxygens (including phenoxy) is 1. The number of aromatic nitrogens is 2. The van der Waals surface area contributed by atoms with Crippen LogP contribution in [0.2, 0.25) is 0 Å². The molecule has 4 heterocycles. The average molecular weight is 529 g/mol. The number of benzene rings is 2. The van der Waals surface area contributed by atoms with Crippen molar-refractivity contribution in [2.75, 3.05) is 43.5 Å². The highest BCUT2D eigenvalue weighted by molar-refractivity contribution is 6.09. The molecule has 0 unspecified atom stereocenters. The number of aromatic hydroxyl groups is 1. The number of hydrogen-bond acceptors (Lipinski definition) is 8. The minimum atomic E-state index is -0.426. The summed E-state index contributed by atoms with van der Waals surface area (Å²) in [4.78, 5) is 41.2. The second-order valence-corrected chi connectivity index (χ2v) is 10.5. The van der Waals surface area contributed by atoms with Gasteiger partial charge in [-0.05, 0) is 50.4 Å². The highest BCUT2D eigenvalue weighted by Crippen LogP contribution is 2.35. The van der Waals surface area contributed by atoms with Gasteiger partial charge in [0.25, 0.3) is 5.91 Å². The number of piperazine rings is 1. The van der Waals surface area contributed by atoms with Crippen LogP contribution in [0.1, 0.15) is 29.8 Å². The molecule has 10 nitrogen and oxygen atoms in total. The lowest BCUT2D eigenvalue weighted by Crippen LogP contribution is -2.48. The lowest BCUT2D eigenvalue weighted by atomic mass is 10.1. The number of nitrogens with zero attached hydrogens (tertiary/aromatic N) is 5. The SMILES string of the molecule is C=CC(=O)N1C[C@@H]2C[C@H]1CN2c1cc(C(=O)Nc2cc(O)cc3ccccc23)nc(OC[C@@H]2CCCN2C)n1. The van der Waals surface area contributed by atoms with Gasteiger partial charge in [-0.15, -0.1) is 0 Å². The van der Waals surface area contributed by atoms with E-state index in [-0.39, 0.29) is 41.5 Å². The zero-order valence-corrected chi connectivity index (χ0v) is 21.9. The molecule has 3 aromatic rings. The molecule has 3 aliphatic rings. The Balaban J connectivity index is 1.29. The van der Waals surface area contributed by atoms with E-state index < -0.39 is 5.91 Å². The van der Waals surface area contributed by atoms with E-state index in [1.165, 1.54) is 12.1 Å². The maximum Gasteiger partial charge on any atom is 0.319 e. The molecule has 1 aromatic heterocycles. The zero-order valence-electron chi connectivity index (χ0n) is 21.9. The summed E-state index contributed by atoms with van der Waals surface area (Å²) in [6.07, 6.45) is 4.35. The van der Waals surface area contributed by atoms with Gasteiger partial charge in [-0.1, -0.05) is 30.8 Å². The van der Waals surface area contributed by atoms with E-state index in [9.17, 15) is 14.7 Å². The molecular formula is C29H32N6O4. The quantitative estimate of drug-likeness (QED) is 0.451. The molecule has 0 aliphatic carbocycles. The predicted molar refractivity (Wildman–Crippen MR) is 148 cm³/mol. The second-order valence-electron chi connectivity index (χ2n) is 10.5. The number of hydrogen-bond donors (Lipinski definition) is 2. The minimum absolute atomic E-state index is 0.0591. The van der Waals surface area contributed by atoms with Crippen molar-refractivity contribution >= 4 is 34.1 Å². The summed E-state index contributed by atoms with van der Waals surface area (Å²) >= 11 is 0. The molecule has 6 rings (SSSR count). The normalized spacial score (nSPS) is 22.4. The van der Waals surface area contributed by atoms with Crippen molar-refractivity contribution in [2.45, 2.75) is 37.4 Å². The Morgan fingerprint density at radius 3 is 2.77 bits per heavy atom. The smallest absolute Gasteiger partial charge is 0.319 e. The zero-order chi connectivity index (χ0) is 27.1. The molecule has 2 bridgehead atoms. The summed E-state index contributed by atoms with van der Waals surface area (Å²) in [5.41, 5.74) is 0.661. The van der Waals surface area contributed by atoms with Gasteiger partial charge in [0.1, 0.15) is 23.9 Å². The van der Waals surface area contributed by atoms with Crippen LogP contribution >= 0.6 is 0 Å². The summed E-state index contributed by atoms with van der Waals surface area (Å²) in [6, 6.07) is 13.0. The van der Waals surface area contributed by atoms with Gasteiger partial charge in [0.15, 0.2) is 0 Å². The highest BCUT2D eigenvalue weighted by Gasteiger charge is 2.45. The van der Waals surface area contributed by atoms with Crippen molar-refractivity contribution in [3.63, 3.8) is 0 Å². The van der Waals surface area contributed by atoms with E-state index in [1.807, 2.05) is 29.2 Å². The molecule has 39 heavy (non-hydrogen) atoms. The molecule has 0 spiro atoms. The van der Waals surface area contributed by atoms with Crippen LogP contribution in [0.4, 0.5) is 11.5 Å². The summed E-state index contributed by atoms with van der Waals surface area (Å²) < 4.78 is 6.06. The van der Waals surface area contributed by atoms with Crippen LogP contribution in [0.3, 0.4) is 0 Å². The number of rotatable bonds is 7. The maximum absolute atomic E-state index is 13.5. The number of fused-ring (bicyclic) bond motifs is 3. The number of phenols is 1. The fourth-order valence-electron chi connectivity index (χ4n) is 6.02. The average Bonchev–Trinajstić information content (AvgIpc) is 3.67. The third-order valence-corrected chi connectivity index (χ3v) is 8.09. The summed E-state index contributed by atoms with van der Waals surface area (Å²) in [7, 11) is 2.08. The Labute approximate surface area is 226 Å². The standard InChI is InChI=1S/C29H32N6O4/c1-3-27(37)35-16-20-12-21(35)15-34(20)26-14-25(31-29(32-26)39-17-19-8-6-10-33(19)2)28(38)30-24-13-22(36)11-18-7-4-5-9-23(18)24/h3-5,7,9,11,13-14,19-21,36H,1,6,8,10,12,15-17H2,2H3,(H,30,38)/t19-,20-,21-/m0/s1. The third-order valence-electron chi connectivity index (χ3n) is 8.09. The van der Waals surface area contributed by atoms with E-state index >= 15 is 0 Å². The number of carbonyl (C=O) groups is 2. The maximum atomic E-state index is 13.5. The molecule has 0 saturated carbocycles. The molecule has 2 amide bonds. The number of amides is 2. The Kier molecular flexibility index (Phi) is 6.56. The van der Waals surface area contributed by atoms with Gasteiger partial charge in [0.2, 0.25) is 5.91 Å². The molecule has 10 heteroatoms. The van der Waals surface area contributed by atoms with Crippen LogP contribution in [0.25, 0.3) is 10.8 Å². The fraction of sp³-hybridized carbons (Fsp3) is 0.379. The highest BCUT2D eigenvalue weighted by atomic mass is 16.5. The van der Waals surface area contributed by atoms with Crippen molar-refractivity contribution < 1.29 is 19.4 Å². The second kappa shape index (κ2) is 10.2. The van der Waals surface area contributed by atoms with Gasteiger partial charge in [-0.2, -0.15) is 9.97 Å². The first-order chi connectivity index (χ1) is 18.9. The summed E-state index contributed by atoms with van der Waals surface area (Å²) in [5.74, 6) is 0.172. The number of nitrogens with one attached hydrogen (secondary N) is 1. The van der Waals surface area contributed by atoms with Gasteiger partial charge in [0.05, 0.1) is 17.8 Å². The molecule has 2 aromatic carbocycles. The van der Waals surface area contributed by atoms with E-state index in [2.05, 4.69) is 33.7 Å². The third kappa shape index (κ3) is 4.87. The largest absolute Gasteiger partial charge is 0.508 e. The van der Waals surface area contributed by atoms with Crippen LogP contribution in [0.15, 0.2) is 55.1 Å². The number of anilines is 2. The van der Waals surface area contributed by atoms with E-state index in [0.29, 0.717) is 31.2 Å². The van der Waals surface area contributed by atoms with Crippen LogP contribution in [0, 0.1) is 0 Å². The van der Waals surface area contributed by atoms with Crippen molar-refractivity contribution in [2.24, 2.45) is 0 Å². The lowest BCUT2D eigenvalue weighted by molar-refractivity contribution is -0.127.